The van der Waals surface area contributed by atoms with Crippen molar-refractivity contribution in [2.75, 3.05) is 26.4 Å². The van der Waals surface area contributed by atoms with E-state index in [1.54, 1.807) is 0 Å². The monoisotopic (exact) mass is 827 g/mol. The minimum atomic E-state index is -4.63. The van der Waals surface area contributed by atoms with Gasteiger partial charge in [-0.15, -0.1) is 0 Å². The van der Waals surface area contributed by atoms with Gasteiger partial charge in [0.1, 0.15) is 12.7 Å². The van der Waals surface area contributed by atoms with Gasteiger partial charge in [0.2, 0.25) is 0 Å². The highest BCUT2D eigenvalue weighted by molar-refractivity contribution is 7.47. The number of rotatable bonds is 42. The highest BCUT2D eigenvalue weighted by atomic mass is 31.2. The molecule has 332 valence electrons. The van der Waals surface area contributed by atoms with Crippen LogP contribution < -0.4 is 0 Å². The third-order valence-corrected chi connectivity index (χ3v) is 10.4. The van der Waals surface area contributed by atoms with Gasteiger partial charge in [0.05, 0.1) is 19.8 Å². The highest BCUT2D eigenvalue weighted by Gasteiger charge is 2.27. The van der Waals surface area contributed by atoms with Crippen molar-refractivity contribution in [3.05, 3.63) is 48.6 Å². The average Bonchev–Trinajstić information content (AvgIpc) is 3.20. The van der Waals surface area contributed by atoms with Crippen LogP contribution >= 0.6 is 7.82 Å². The summed E-state index contributed by atoms with van der Waals surface area (Å²) in [7, 11) is -4.63. The van der Waals surface area contributed by atoms with Gasteiger partial charge in [0, 0.05) is 12.8 Å². The van der Waals surface area contributed by atoms with E-state index in [1.165, 1.54) is 96.3 Å². The largest absolute Gasteiger partial charge is 0.472 e. The van der Waals surface area contributed by atoms with Gasteiger partial charge in [-0.25, -0.2) is 4.57 Å². The van der Waals surface area contributed by atoms with Crippen LogP contribution in [0.4, 0.5) is 0 Å². The van der Waals surface area contributed by atoms with E-state index in [0.29, 0.717) is 12.8 Å². The van der Waals surface area contributed by atoms with Crippen molar-refractivity contribution >= 4 is 19.8 Å². The molecule has 57 heavy (non-hydrogen) atoms. The molecule has 11 heteroatoms. The number of aliphatic hydroxyl groups excluding tert-OH is 2. The molecule has 0 rings (SSSR count). The number of carbonyl (C=O) groups excluding carboxylic acids is 2. The Balaban J connectivity index is 4.30. The third-order valence-electron chi connectivity index (χ3n) is 9.46. The van der Waals surface area contributed by atoms with Crippen LogP contribution in [0.2, 0.25) is 0 Å². The molecule has 10 nitrogen and oxygen atoms in total. The summed E-state index contributed by atoms with van der Waals surface area (Å²) in [5.41, 5.74) is 0. The maximum absolute atomic E-state index is 12.6. The highest BCUT2D eigenvalue weighted by Crippen LogP contribution is 2.43. The number of ether oxygens (including phenoxy) is 2. The Hall–Kier alpha value is -2.07. The van der Waals surface area contributed by atoms with Crippen molar-refractivity contribution in [1.82, 2.24) is 0 Å². The number of allylic oxidation sites excluding steroid dienone is 8. The zero-order valence-corrected chi connectivity index (χ0v) is 36.9. The number of aliphatic hydroxyl groups is 2. The van der Waals surface area contributed by atoms with E-state index in [1.807, 2.05) is 0 Å². The second-order valence-corrected chi connectivity index (χ2v) is 16.5. The van der Waals surface area contributed by atoms with Gasteiger partial charge in [-0.2, -0.15) is 0 Å². The molecule has 3 atom stereocenters. The Morgan fingerprint density at radius 1 is 0.526 bits per heavy atom. The summed E-state index contributed by atoms with van der Waals surface area (Å²) < 4.78 is 32.7. The Bertz CT molecular complexity index is 1090. The van der Waals surface area contributed by atoms with E-state index >= 15 is 0 Å². The Morgan fingerprint density at radius 2 is 0.912 bits per heavy atom. The van der Waals surface area contributed by atoms with E-state index < -0.39 is 51.8 Å². The number of phosphoric ester groups is 1. The van der Waals surface area contributed by atoms with Crippen molar-refractivity contribution in [2.24, 2.45) is 0 Å². The second kappa shape index (κ2) is 42.1. The molecule has 0 fully saturated rings. The number of phosphoric acid groups is 1. The molecule has 0 saturated carbocycles. The molecule has 0 amide bonds. The molecule has 0 aliphatic heterocycles. The summed E-state index contributed by atoms with van der Waals surface area (Å²) in [5.74, 6) is -0.967. The lowest BCUT2D eigenvalue weighted by molar-refractivity contribution is -0.161. The quantitative estimate of drug-likeness (QED) is 0.0235. The van der Waals surface area contributed by atoms with E-state index in [2.05, 4.69) is 67.0 Å². The molecule has 0 saturated heterocycles. The van der Waals surface area contributed by atoms with Crippen molar-refractivity contribution in [3.63, 3.8) is 0 Å². The Labute approximate surface area is 347 Å². The lowest BCUT2D eigenvalue weighted by Crippen LogP contribution is -2.29. The van der Waals surface area contributed by atoms with Crippen LogP contribution in [0.1, 0.15) is 194 Å². The molecule has 0 aromatic rings. The van der Waals surface area contributed by atoms with Gasteiger partial charge in [0.25, 0.3) is 0 Å². The van der Waals surface area contributed by atoms with Gasteiger partial charge < -0.3 is 24.6 Å². The first-order valence-corrected chi connectivity index (χ1v) is 24.1. The van der Waals surface area contributed by atoms with Crippen LogP contribution in [-0.2, 0) is 32.7 Å². The molecule has 0 aromatic carbocycles. The molecular weight excluding hydrogens is 743 g/mol. The molecule has 0 heterocycles. The van der Waals surface area contributed by atoms with Gasteiger partial charge in [-0.05, 0) is 77.0 Å². The van der Waals surface area contributed by atoms with E-state index in [-0.39, 0.29) is 19.4 Å². The van der Waals surface area contributed by atoms with Gasteiger partial charge in [-0.3, -0.25) is 18.6 Å². The molecular formula is C46H83O10P. The summed E-state index contributed by atoms with van der Waals surface area (Å²) in [5, 5.41) is 18.3. The first kappa shape index (κ1) is 54.9. The topological polar surface area (TPSA) is 149 Å². The fourth-order valence-corrected chi connectivity index (χ4v) is 6.72. The van der Waals surface area contributed by atoms with Crippen LogP contribution in [0.15, 0.2) is 48.6 Å². The number of hydrogen-bond donors (Lipinski definition) is 3. The number of unbranched alkanes of at least 4 members (excludes halogenated alkanes) is 20. The van der Waals surface area contributed by atoms with Crippen LogP contribution in [-0.4, -0.2) is 65.7 Å². The minimum absolute atomic E-state index is 0.140. The minimum Gasteiger partial charge on any atom is -0.462 e. The molecule has 0 bridgehead atoms. The van der Waals surface area contributed by atoms with E-state index in [0.717, 1.165) is 57.8 Å². The first-order chi connectivity index (χ1) is 27.7. The van der Waals surface area contributed by atoms with Gasteiger partial charge in [0.15, 0.2) is 6.10 Å². The maximum atomic E-state index is 12.6. The fourth-order valence-electron chi connectivity index (χ4n) is 5.94. The van der Waals surface area contributed by atoms with Crippen molar-refractivity contribution < 1.29 is 47.8 Å². The van der Waals surface area contributed by atoms with Gasteiger partial charge >= 0.3 is 19.8 Å². The van der Waals surface area contributed by atoms with Crippen LogP contribution in [0.5, 0.6) is 0 Å². The first-order valence-electron chi connectivity index (χ1n) is 22.6. The summed E-state index contributed by atoms with van der Waals surface area (Å²) in [6.45, 7) is 2.31. The normalized spacial score (nSPS) is 14.3. The second-order valence-electron chi connectivity index (χ2n) is 15.1. The third kappa shape index (κ3) is 41.9. The number of esters is 2. The standard InChI is InChI=1S/C46H83O10P/c1-3-5-7-9-11-13-15-17-19-20-21-22-24-25-27-29-31-33-35-37-45(49)53-41-44(42-55-57(51,52)54-40-43(48)39-47)56-46(50)38-36-34-32-30-28-26-23-18-16-14-12-10-8-6-4-2/h11,13,17-19,23,28,30,43-44,47-48H,3-10,12,14-16,20-22,24-27,29,31-42H2,1-2H3,(H,51,52)/b13-11+,19-17+,23-18+,30-28+/t43-,44+/m0/s1. The Kier molecular flexibility index (Phi) is 40.5. The number of hydrogen-bond acceptors (Lipinski definition) is 9. The molecule has 0 aliphatic rings. The number of carbonyl (C=O) groups is 2. The molecule has 0 aliphatic carbocycles. The van der Waals surface area contributed by atoms with Crippen molar-refractivity contribution in [2.45, 2.75) is 206 Å². The van der Waals surface area contributed by atoms with E-state index in [9.17, 15) is 24.2 Å². The molecule has 0 spiro atoms. The summed E-state index contributed by atoms with van der Waals surface area (Å²) in [4.78, 5) is 35.0. The van der Waals surface area contributed by atoms with Crippen LogP contribution in [0.3, 0.4) is 0 Å². The lowest BCUT2D eigenvalue weighted by atomic mass is 10.1. The Morgan fingerprint density at radius 3 is 1.42 bits per heavy atom. The maximum Gasteiger partial charge on any atom is 0.472 e. The fraction of sp³-hybridized carbons (Fsp3) is 0.783. The molecule has 0 radical (unpaired) electrons. The average molecular weight is 827 g/mol. The zero-order valence-electron chi connectivity index (χ0n) is 36.0. The SMILES string of the molecule is CCCCC/C=C/C/C=C/CCCCCCCCCCCC(=O)OC[C@H](COP(=O)(O)OC[C@@H](O)CO)OC(=O)CCCC/C=C/C/C=C/CCCCCCCC. The van der Waals surface area contributed by atoms with Crippen LogP contribution in [0.25, 0.3) is 0 Å². The van der Waals surface area contributed by atoms with Crippen molar-refractivity contribution in [3.8, 4) is 0 Å². The predicted octanol–water partition coefficient (Wildman–Crippen LogP) is 12.1. The summed E-state index contributed by atoms with van der Waals surface area (Å²) >= 11 is 0. The summed E-state index contributed by atoms with van der Waals surface area (Å²) in [6.07, 6.45) is 45.0. The molecule has 0 aromatic heterocycles. The van der Waals surface area contributed by atoms with E-state index in [4.69, 9.17) is 19.1 Å². The smallest absolute Gasteiger partial charge is 0.462 e. The summed E-state index contributed by atoms with van der Waals surface area (Å²) in [6, 6.07) is 0. The molecule has 3 N–H and O–H groups in total. The van der Waals surface area contributed by atoms with Crippen LogP contribution in [0, 0.1) is 0 Å². The zero-order chi connectivity index (χ0) is 41.9. The molecule has 1 unspecified atom stereocenters. The van der Waals surface area contributed by atoms with Gasteiger partial charge in [-0.1, -0.05) is 152 Å². The van der Waals surface area contributed by atoms with Crippen molar-refractivity contribution in [1.29, 1.82) is 0 Å². The lowest BCUT2D eigenvalue weighted by Gasteiger charge is -2.20. The predicted molar refractivity (Wildman–Crippen MR) is 233 cm³/mol.